The molecule has 0 radical (unpaired) electrons. The van der Waals surface area contributed by atoms with E-state index in [9.17, 15) is 9.59 Å². The van der Waals surface area contributed by atoms with Gasteiger partial charge in [-0.1, -0.05) is 0 Å². The SMILES string of the molecule is COc1ccc(C(=O)CCC(=O)N/N=C/c2csc3cccnc23)cc1OC. The number of pyridine rings is 1. The zero-order valence-corrected chi connectivity index (χ0v) is 16.3. The molecule has 0 saturated carbocycles. The fraction of sp³-hybridized carbons (Fsp3) is 0.200. The van der Waals surface area contributed by atoms with E-state index >= 15 is 0 Å². The van der Waals surface area contributed by atoms with Crippen molar-refractivity contribution in [3.05, 3.63) is 53.0 Å². The molecule has 1 N–H and O–H groups in total. The third kappa shape index (κ3) is 4.52. The van der Waals surface area contributed by atoms with Crippen LogP contribution in [0.2, 0.25) is 0 Å². The number of hydrogen-bond donors (Lipinski definition) is 1. The molecule has 3 rings (SSSR count). The van der Waals surface area contributed by atoms with Crippen LogP contribution >= 0.6 is 11.3 Å². The van der Waals surface area contributed by atoms with Crippen molar-refractivity contribution in [2.75, 3.05) is 14.2 Å². The molecule has 0 fully saturated rings. The minimum atomic E-state index is -0.336. The number of nitrogens with zero attached hydrogens (tertiary/aromatic N) is 2. The lowest BCUT2D eigenvalue weighted by Crippen LogP contribution is -2.18. The Kier molecular flexibility index (Phi) is 6.33. The highest BCUT2D eigenvalue weighted by atomic mass is 32.1. The number of carbonyl (C=O) groups is 2. The molecule has 2 heterocycles. The summed E-state index contributed by atoms with van der Waals surface area (Å²) in [4.78, 5) is 28.6. The first-order valence-electron chi connectivity index (χ1n) is 8.51. The molecule has 0 atom stereocenters. The van der Waals surface area contributed by atoms with E-state index in [0.717, 1.165) is 15.8 Å². The summed E-state index contributed by atoms with van der Waals surface area (Å²) in [6.45, 7) is 0. The summed E-state index contributed by atoms with van der Waals surface area (Å²) in [5.74, 6) is 0.520. The summed E-state index contributed by atoms with van der Waals surface area (Å²) in [6, 6.07) is 8.76. The summed E-state index contributed by atoms with van der Waals surface area (Å²) in [6.07, 6.45) is 3.37. The van der Waals surface area contributed by atoms with Crippen molar-refractivity contribution in [2.45, 2.75) is 12.8 Å². The average molecular weight is 397 g/mol. The van der Waals surface area contributed by atoms with Crippen molar-refractivity contribution in [1.29, 1.82) is 0 Å². The van der Waals surface area contributed by atoms with E-state index in [4.69, 9.17) is 9.47 Å². The van der Waals surface area contributed by atoms with Crippen LogP contribution in [-0.2, 0) is 4.79 Å². The van der Waals surface area contributed by atoms with Gasteiger partial charge in [0, 0.05) is 35.5 Å². The standard InChI is InChI=1S/C20H19N3O4S/c1-26-16-7-5-13(10-17(16)27-2)15(24)6-8-19(25)23-22-11-14-12-28-18-4-3-9-21-20(14)18/h3-5,7,9-12H,6,8H2,1-2H3,(H,23,25)/b22-11+. The number of carbonyl (C=O) groups excluding carboxylic acids is 2. The maximum atomic E-state index is 12.3. The van der Waals surface area contributed by atoms with E-state index in [1.54, 1.807) is 41.9 Å². The Bertz CT molecular complexity index is 1030. The van der Waals surface area contributed by atoms with Crippen LogP contribution in [0.1, 0.15) is 28.8 Å². The number of hydrogen-bond acceptors (Lipinski definition) is 7. The van der Waals surface area contributed by atoms with Crippen LogP contribution < -0.4 is 14.9 Å². The fourth-order valence-electron chi connectivity index (χ4n) is 2.59. The lowest BCUT2D eigenvalue weighted by Gasteiger charge is -2.08. The van der Waals surface area contributed by atoms with E-state index in [1.807, 2.05) is 17.5 Å². The van der Waals surface area contributed by atoms with Gasteiger partial charge >= 0.3 is 0 Å². The number of hydrazone groups is 1. The Morgan fingerprint density at radius 1 is 1.18 bits per heavy atom. The van der Waals surface area contributed by atoms with Crippen LogP contribution in [0.5, 0.6) is 11.5 Å². The topological polar surface area (TPSA) is 89.9 Å². The highest BCUT2D eigenvalue weighted by molar-refractivity contribution is 7.17. The van der Waals surface area contributed by atoms with Gasteiger partial charge in [0.15, 0.2) is 17.3 Å². The van der Waals surface area contributed by atoms with E-state index in [1.165, 1.54) is 14.2 Å². The van der Waals surface area contributed by atoms with Gasteiger partial charge in [0.1, 0.15) is 0 Å². The summed E-state index contributed by atoms with van der Waals surface area (Å²) in [7, 11) is 3.03. The first-order valence-corrected chi connectivity index (χ1v) is 9.39. The first-order chi connectivity index (χ1) is 13.6. The second-order valence-electron chi connectivity index (χ2n) is 5.83. The maximum absolute atomic E-state index is 12.3. The third-order valence-corrected chi connectivity index (χ3v) is 4.99. The number of aromatic nitrogens is 1. The van der Waals surface area contributed by atoms with Crippen molar-refractivity contribution in [3.8, 4) is 11.5 Å². The lowest BCUT2D eigenvalue weighted by atomic mass is 10.1. The number of ketones is 1. The molecule has 1 amide bonds. The smallest absolute Gasteiger partial charge is 0.240 e. The predicted octanol–water partition coefficient (Wildman–Crippen LogP) is 3.43. The van der Waals surface area contributed by atoms with E-state index in [2.05, 4.69) is 15.5 Å². The second kappa shape index (κ2) is 9.09. The van der Waals surface area contributed by atoms with Crippen LogP contribution in [0.15, 0.2) is 47.0 Å². The fourth-order valence-corrected chi connectivity index (χ4v) is 3.45. The molecule has 28 heavy (non-hydrogen) atoms. The summed E-state index contributed by atoms with van der Waals surface area (Å²) >= 11 is 1.56. The Morgan fingerprint density at radius 2 is 2.00 bits per heavy atom. The quantitative estimate of drug-likeness (QED) is 0.357. The molecule has 0 unspecified atom stereocenters. The number of thiophene rings is 1. The molecule has 2 aromatic heterocycles. The zero-order chi connectivity index (χ0) is 19.9. The summed E-state index contributed by atoms with van der Waals surface area (Å²) in [5.41, 5.74) is 4.58. The van der Waals surface area contributed by atoms with Gasteiger partial charge in [0.2, 0.25) is 5.91 Å². The number of methoxy groups -OCH3 is 2. The van der Waals surface area contributed by atoms with Crippen LogP contribution in [-0.4, -0.2) is 37.1 Å². The molecule has 7 nitrogen and oxygen atoms in total. The zero-order valence-electron chi connectivity index (χ0n) is 15.5. The van der Waals surface area contributed by atoms with Crippen LogP contribution in [0, 0.1) is 0 Å². The van der Waals surface area contributed by atoms with Gasteiger partial charge < -0.3 is 9.47 Å². The van der Waals surface area contributed by atoms with Gasteiger partial charge in [-0.15, -0.1) is 11.3 Å². The molecule has 1 aromatic carbocycles. The van der Waals surface area contributed by atoms with Crippen molar-refractivity contribution in [1.82, 2.24) is 10.4 Å². The molecule has 0 spiro atoms. The van der Waals surface area contributed by atoms with E-state index in [-0.39, 0.29) is 24.5 Å². The van der Waals surface area contributed by atoms with Gasteiger partial charge in [-0.2, -0.15) is 5.10 Å². The molecule has 144 valence electrons. The Morgan fingerprint density at radius 3 is 2.79 bits per heavy atom. The lowest BCUT2D eigenvalue weighted by molar-refractivity contribution is -0.121. The highest BCUT2D eigenvalue weighted by Gasteiger charge is 2.12. The molecule has 0 bridgehead atoms. The second-order valence-corrected chi connectivity index (χ2v) is 6.74. The highest BCUT2D eigenvalue weighted by Crippen LogP contribution is 2.28. The molecule has 0 aliphatic heterocycles. The van der Waals surface area contributed by atoms with E-state index in [0.29, 0.717) is 17.1 Å². The number of ether oxygens (including phenoxy) is 2. The number of rotatable bonds is 8. The van der Waals surface area contributed by atoms with Gasteiger partial charge in [0.25, 0.3) is 0 Å². The number of nitrogens with one attached hydrogen (secondary N) is 1. The average Bonchev–Trinajstić information content (AvgIpc) is 3.14. The number of benzene rings is 1. The molecule has 0 aliphatic carbocycles. The van der Waals surface area contributed by atoms with E-state index < -0.39 is 0 Å². The first kappa shape index (κ1) is 19.5. The minimum absolute atomic E-state index is 0.0349. The van der Waals surface area contributed by atoms with Crippen molar-refractivity contribution in [3.63, 3.8) is 0 Å². The number of Topliss-reactive ketones (excluding diaryl/α,β-unsaturated/α-hetero) is 1. The minimum Gasteiger partial charge on any atom is -0.493 e. The Labute approximate surface area is 166 Å². The van der Waals surface area contributed by atoms with Gasteiger partial charge in [-0.25, -0.2) is 5.43 Å². The van der Waals surface area contributed by atoms with Crippen LogP contribution in [0.4, 0.5) is 0 Å². The molecule has 8 heteroatoms. The summed E-state index contributed by atoms with van der Waals surface area (Å²) < 4.78 is 11.4. The Balaban J connectivity index is 1.53. The van der Waals surface area contributed by atoms with Gasteiger partial charge in [0.05, 0.1) is 30.7 Å². The normalized spacial score (nSPS) is 10.9. The number of fused-ring (bicyclic) bond motifs is 1. The van der Waals surface area contributed by atoms with Gasteiger partial charge in [-0.05, 0) is 30.3 Å². The molecular weight excluding hydrogens is 378 g/mol. The monoisotopic (exact) mass is 397 g/mol. The van der Waals surface area contributed by atoms with Crippen LogP contribution in [0.25, 0.3) is 10.2 Å². The van der Waals surface area contributed by atoms with Crippen molar-refractivity contribution < 1.29 is 19.1 Å². The molecular formula is C20H19N3O4S. The molecule has 0 aliphatic rings. The largest absolute Gasteiger partial charge is 0.493 e. The maximum Gasteiger partial charge on any atom is 0.240 e. The van der Waals surface area contributed by atoms with Gasteiger partial charge in [-0.3, -0.25) is 14.6 Å². The third-order valence-electron chi connectivity index (χ3n) is 4.03. The van der Waals surface area contributed by atoms with Crippen LogP contribution in [0.3, 0.4) is 0 Å². The van der Waals surface area contributed by atoms with Crippen molar-refractivity contribution in [2.24, 2.45) is 5.10 Å². The molecule has 3 aromatic rings. The molecule has 0 saturated heterocycles. The van der Waals surface area contributed by atoms with Crippen molar-refractivity contribution >= 4 is 39.5 Å². The predicted molar refractivity (Wildman–Crippen MR) is 108 cm³/mol. The summed E-state index contributed by atoms with van der Waals surface area (Å²) in [5, 5.41) is 5.88. The Hall–Kier alpha value is -3.26. The number of amides is 1.